The minimum Gasteiger partial charge on any atom is -0.497 e. The van der Waals surface area contributed by atoms with Crippen molar-refractivity contribution in [1.29, 1.82) is 0 Å². The molecule has 0 unspecified atom stereocenters. The lowest BCUT2D eigenvalue weighted by molar-refractivity contribution is -0.384. The van der Waals surface area contributed by atoms with Gasteiger partial charge in [0.05, 0.1) is 12.0 Å². The van der Waals surface area contributed by atoms with Gasteiger partial charge in [0.2, 0.25) is 0 Å². The van der Waals surface area contributed by atoms with Gasteiger partial charge in [-0.2, -0.15) is 0 Å². The molecule has 4 aromatic rings. The van der Waals surface area contributed by atoms with Gasteiger partial charge in [0.25, 0.3) is 5.69 Å². The van der Waals surface area contributed by atoms with Crippen molar-refractivity contribution < 1.29 is 14.1 Å². The zero-order chi connectivity index (χ0) is 21.8. The second-order valence-corrected chi connectivity index (χ2v) is 7.50. The molecule has 4 rings (SSSR count). The number of hydrogen-bond acceptors (Lipinski definition) is 6. The van der Waals surface area contributed by atoms with Crippen LogP contribution in [0.3, 0.4) is 0 Å². The molecule has 3 aromatic carbocycles. The zero-order valence-electron chi connectivity index (χ0n) is 16.4. The molecule has 0 atom stereocenters. The SMILES string of the molecule is COc1ccc(-n2c(SCc3ccc([N+](=O)[O-])cc3)nnc2-c2ccc(F)cc2)cc1. The summed E-state index contributed by atoms with van der Waals surface area (Å²) in [4.78, 5) is 10.4. The standard InChI is InChI=1S/C22H17FN4O3S/c1-30-20-12-10-18(11-13-20)26-21(16-4-6-17(23)7-5-16)24-25-22(26)31-14-15-2-8-19(9-3-15)27(28)29/h2-13H,14H2,1H3. The van der Waals surface area contributed by atoms with E-state index in [1.54, 1.807) is 31.4 Å². The van der Waals surface area contributed by atoms with Crippen molar-refractivity contribution in [1.82, 2.24) is 14.8 Å². The van der Waals surface area contributed by atoms with E-state index in [0.717, 1.165) is 22.6 Å². The molecule has 0 aliphatic heterocycles. The van der Waals surface area contributed by atoms with E-state index >= 15 is 0 Å². The van der Waals surface area contributed by atoms with Gasteiger partial charge in [-0.05, 0) is 54.1 Å². The maximum Gasteiger partial charge on any atom is 0.269 e. The van der Waals surface area contributed by atoms with Gasteiger partial charge < -0.3 is 4.74 Å². The summed E-state index contributed by atoms with van der Waals surface area (Å²) in [6.45, 7) is 0. The third-order valence-corrected chi connectivity index (χ3v) is 5.58. The monoisotopic (exact) mass is 436 g/mol. The van der Waals surface area contributed by atoms with Crippen molar-refractivity contribution in [3.05, 3.63) is 94.3 Å². The first kappa shape index (κ1) is 20.5. The van der Waals surface area contributed by atoms with Crippen molar-refractivity contribution in [2.75, 3.05) is 7.11 Å². The molecule has 7 nitrogen and oxygen atoms in total. The average molecular weight is 436 g/mol. The van der Waals surface area contributed by atoms with Gasteiger partial charge in [-0.1, -0.05) is 23.9 Å². The summed E-state index contributed by atoms with van der Waals surface area (Å²) in [6, 6.07) is 20.0. The Labute approximate surface area is 181 Å². The molecule has 0 N–H and O–H groups in total. The van der Waals surface area contributed by atoms with Gasteiger partial charge in [-0.15, -0.1) is 10.2 Å². The van der Waals surface area contributed by atoms with Gasteiger partial charge in [-0.25, -0.2) is 4.39 Å². The van der Waals surface area contributed by atoms with Crippen molar-refractivity contribution in [3.8, 4) is 22.8 Å². The van der Waals surface area contributed by atoms with E-state index < -0.39 is 4.92 Å². The van der Waals surface area contributed by atoms with Gasteiger partial charge in [-0.3, -0.25) is 14.7 Å². The fourth-order valence-corrected chi connectivity index (χ4v) is 3.88. The molecular weight excluding hydrogens is 419 g/mol. The van der Waals surface area contributed by atoms with Crippen molar-refractivity contribution in [2.24, 2.45) is 0 Å². The van der Waals surface area contributed by atoms with Crippen molar-refractivity contribution >= 4 is 17.4 Å². The van der Waals surface area contributed by atoms with Gasteiger partial charge >= 0.3 is 0 Å². The Morgan fingerprint density at radius 1 is 1.00 bits per heavy atom. The van der Waals surface area contributed by atoms with Crippen LogP contribution >= 0.6 is 11.8 Å². The third kappa shape index (κ3) is 4.56. The Morgan fingerprint density at radius 2 is 1.68 bits per heavy atom. The number of aromatic nitrogens is 3. The summed E-state index contributed by atoms with van der Waals surface area (Å²) in [6.07, 6.45) is 0. The van der Waals surface area contributed by atoms with Crippen LogP contribution in [0.4, 0.5) is 10.1 Å². The normalized spacial score (nSPS) is 10.8. The van der Waals surface area contributed by atoms with Crippen LogP contribution in [0.2, 0.25) is 0 Å². The van der Waals surface area contributed by atoms with Crippen LogP contribution in [-0.4, -0.2) is 26.8 Å². The number of ether oxygens (including phenoxy) is 1. The molecule has 0 amide bonds. The molecule has 0 aliphatic rings. The number of nitrogens with zero attached hydrogens (tertiary/aromatic N) is 4. The lowest BCUT2D eigenvalue weighted by atomic mass is 10.2. The molecule has 1 heterocycles. The summed E-state index contributed by atoms with van der Waals surface area (Å²) in [5.74, 6) is 1.53. The smallest absolute Gasteiger partial charge is 0.269 e. The number of hydrogen-bond donors (Lipinski definition) is 0. The molecule has 0 saturated carbocycles. The number of non-ortho nitro benzene ring substituents is 1. The first-order valence-corrected chi connectivity index (χ1v) is 10.3. The Balaban J connectivity index is 1.67. The van der Waals surface area contributed by atoms with E-state index in [1.165, 1.54) is 36.0 Å². The Bertz CT molecular complexity index is 1190. The van der Waals surface area contributed by atoms with E-state index in [4.69, 9.17) is 4.74 Å². The Morgan fingerprint density at radius 3 is 2.29 bits per heavy atom. The highest BCUT2D eigenvalue weighted by atomic mass is 32.2. The van der Waals surface area contributed by atoms with E-state index in [9.17, 15) is 14.5 Å². The molecule has 0 radical (unpaired) electrons. The minimum atomic E-state index is -0.424. The predicted octanol–water partition coefficient (Wildman–Crippen LogP) is 5.28. The summed E-state index contributed by atoms with van der Waals surface area (Å²) in [7, 11) is 1.60. The molecule has 0 fully saturated rings. The largest absolute Gasteiger partial charge is 0.497 e. The van der Waals surface area contributed by atoms with Crippen molar-refractivity contribution in [2.45, 2.75) is 10.9 Å². The predicted molar refractivity (Wildman–Crippen MR) is 116 cm³/mol. The first-order chi connectivity index (χ1) is 15.0. The molecule has 1 aromatic heterocycles. The van der Waals surface area contributed by atoms with E-state index in [-0.39, 0.29) is 11.5 Å². The molecule has 0 aliphatic carbocycles. The first-order valence-electron chi connectivity index (χ1n) is 9.27. The summed E-state index contributed by atoms with van der Waals surface area (Å²) < 4.78 is 20.5. The number of nitro groups is 1. The molecule has 0 bridgehead atoms. The molecule has 0 saturated heterocycles. The second kappa shape index (κ2) is 8.97. The molecule has 9 heteroatoms. The molecular formula is C22H17FN4O3S. The highest BCUT2D eigenvalue weighted by Gasteiger charge is 2.17. The van der Waals surface area contributed by atoms with Crippen LogP contribution in [0.25, 0.3) is 17.1 Å². The lowest BCUT2D eigenvalue weighted by Crippen LogP contribution is -2.00. The molecule has 0 spiro atoms. The fourth-order valence-electron chi connectivity index (χ4n) is 2.98. The van der Waals surface area contributed by atoms with E-state index in [2.05, 4.69) is 10.2 Å². The fraction of sp³-hybridized carbons (Fsp3) is 0.0909. The maximum atomic E-state index is 13.4. The highest BCUT2D eigenvalue weighted by Crippen LogP contribution is 2.31. The number of halogens is 1. The number of benzene rings is 3. The van der Waals surface area contributed by atoms with E-state index in [1.807, 2.05) is 28.8 Å². The average Bonchev–Trinajstić information content (AvgIpc) is 3.22. The lowest BCUT2D eigenvalue weighted by Gasteiger charge is -2.11. The maximum absolute atomic E-state index is 13.4. The Kier molecular flexibility index (Phi) is 5.94. The molecule has 31 heavy (non-hydrogen) atoms. The van der Waals surface area contributed by atoms with Gasteiger partial charge in [0.1, 0.15) is 11.6 Å². The van der Waals surface area contributed by atoms with Crippen LogP contribution in [-0.2, 0) is 5.75 Å². The minimum absolute atomic E-state index is 0.0498. The summed E-state index contributed by atoms with van der Waals surface area (Å²) in [5, 5.41) is 20.2. The summed E-state index contributed by atoms with van der Waals surface area (Å²) >= 11 is 1.45. The van der Waals surface area contributed by atoms with Gasteiger partial charge in [0, 0.05) is 29.1 Å². The number of rotatable bonds is 7. The quantitative estimate of drug-likeness (QED) is 0.223. The number of methoxy groups -OCH3 is 1. The number of nitro benzene ring substituents is 1. The Hall–Kier alpha value is -3.72. The van der Waals surface area contributed by atoms with Crippen LogP contribution in [0.15, 0.2) is 78.0 Å². The van der Waals surface area contributed by atoms with Crippen LogP contribution in [0.5, 0.6) is 5.75 Å². The second-order valence-electron chi connectivity index (χ2n) is 6.56. The van der Waals surface area contributed by atoms with Crippen LogP contribution < -0.4 is 4.74 Å². The van der Waals surface area contributed by atoms with Crippen LogP contribution in [0, 0.1) is 15.9 Å². The molecule has 156 valence electrons. The van der Waals surface area contributed by atoms with Crippen molar-refractivity contribution in [3.63, 3.8) is 0 Å². The third-order valence-electron chi connectivity index (χ3n) is 4.58. The highest BCUT2D eigenvalue weighted by molar-refractivity contribution is 7.98. The van der Waals surface area contributed by atoms with Crippen LogP contribution in [0.1, 0.15) is 5.56 Å². The number of thioether (sulfide) groups is 1. The topological polar surface area (TPSA) is 83.1 Å². The summed E-state index contributed by atoms with van der Waals surface area (Å²) in [5.41, 5.74) is 2.53. The van der Waals surface area contributed by atoms with Gasteiger partial charge in [0.15, 0.2) is 11.0 Å². The van der Waals surface area contributed by atoms with E-state index in [0.29, 0.717) is 16.7 Å². The zero-order valence-corrected chi connectivity index (χ0v) is 17.3.